The Labute approximate surface area is 200 Å². The van der Waals surface area contributed by atoms with Gasteiger partial charge in [0.2, 0.25) is 12.7 Å². The summed E-state index contributed by atoms with van der Waals surface area (Å²) in [5, 5.41) is 5.69. The van der Waals surface area contributed by atoms with Gasteiger partial charge in [-0.1, -0.05) is 29.8 Å². The molecule has 1 aliphatic heterocycles. The van der Waals surface area contributed by atoms with Gasteiger partial charge in [-0.2, -0.15) is 0 Å². The lowest BCUT2D eigenvalue weighted by atomic mass is 10.1. The van der Waals surface area contributed by atoms with Crippen LogP contribution in [-0.4, -0.2) is 36.6 Å². The summed E-state index contributed by atoms with van der Waals surface area (Å²) >= 11 is 7.49. The third-order valence-electron chi connectivity index (χ3n) is 4.84. The maximum Gasteiger partial charge on any atom is 0.257 e. The standard InChI is InChI=1S/C24H22ClN3O4S/c1-2-11-28(13-17-8-10-22(25)33-17)14-23(29)27-19-6-4-3-5-18(19)24(30)26-16-7-9-20-21(12-16)32-15-31-20/h2-10,12H,1,11,13-15H2,(H,26,30)(H,27,29). The Bertz CT molecular complexity index is 1180. The van der Waals surface area contributed by atoms with Gasteiger partial charge in [0.1, 0.15) is 0 Å². The number of fused-ring (bicyclic) bond motifs is 1. The molecule has 0 fully saturated rings. The van der Waals surface area contributed by atoms with Crippen molar-refractivity contribution in [3.05, 3.63) is 82.0 Å². The van der Waals surface area contributed by atoms with Crippen molar-refractivity contribution in [2.24, 2.45) is 0 Å². The zero-order chi connectivity index (χ0) is 23.2. The van der Waals surface area contributed by atoms with Crippen LogP contribution < -0.4 is 20.1 Å². The van der Waals surface area contributed by atoms with E-state index in [4.69, 9.17) is 21.1 Å². The van der Waals surface area contributed by atoms with Gasteiger partial charge in [0.25, 0.3) is 5.91 Å². The molecule has 2 N–H and O–H groups in total. The molecular weight excluding hydrogens is 462 g/mol. The molecule has 7 nitrogen and oxygen atoms in total. The zero-order valence-corrected chi connectivity index (χ0v) is 19.2. The molecule has 0 atom stereocenters. The summed E-state index contributed by atoms with van der Waals surface area (Å²) in [5.74, 6) is 0.627. The zero-order valence-electron chi connectivity index (χ0n) is 17.7. The number of nitrogens with zero attached hydrogens (tertiary/aromatic N) is 1. The van der Waals surface area contributed by atoms with E-state index in [1.54, 1.807) is 48.5 Å². The number of halogens is 1. The van der Waals surface area contributed by atoms with Gasteiger partial charge in [-0.05, 0) is 36.4 Å². The van der Waals surface area contributed by atoms with Gasteiger partial charge in [0, 0.05) is 29.7 Å². The molecule has 0 radical (unpaired) electrons. The average Bonchev–Trinajstić information content (AvgIpc) is 3.42. The number of anilines is 2. The fourth-order valence-corrected chi connectivity index (χ4v) is 4.51. The number of carbonyl (C=O) groups is 2. The fourth-order valence-electron chi connectivity index (χ4n) is 3.38. The molecule has 1 aliphatic rings. The van der Waals surface area contributed by atoms with Crippen molar-refractivity contribution in [1.29, 1.82) is 0 Å². The average molecular weight is 484 g/mol. The number of para-hydroxylation sites is 1. The first-order chi connectivity index (χ1) is 16.0. The number of rotatable bonds is 9. The molecule has 0 aliphatic carbocycles. The minimum Gasteiger partial charge on any atom is -0.454 e. The summed E-state index contributed by atoms with van der Waals surface area (Å²) in [6.45, 7) is 5.18. The lowest BCUT2D eigenvalue weighted by molar-refractivity contribution is -0.117. The third kappa shape index (κ3) is 5.92. The van der Waals surface area contributed by atoms with Gasteiger partial charge >= 0.3 is 0 Å². The molecule has 2 aromatic carbocycles. The SMILES string of the molecule is C=CCN(CC(=O)Nc1ccccc1C(=O)Nc1ccc2c(c1)OCO2)Cc1ccc(Cl)s1. The highest BCUT2D eigenvalue weighted by molar-refractivity contribution is 7.16. The van der Waals surface area contributed by atoms with Crippen LogP contribution in [0.1, 0.15) is 15.2 Å². The van der Waals surface area contributed by atoms with Crippen molar-refractivity contribution >= 4 is 46.1 Å². The second kappa shape index (κ2) is 10.5. The van der Waals surface area contributed by atoms with Gasteiger partial charge < -0.3 is 20.1 Å². The summed E-state index contributed by atoms with van der Waals surface area (Å²) in [5.41, 5.74) is 1.35. The van der Waals surface area contributed by atoms with E-state index in [9.17, 15) is 9.59 Å². The molecule has 0 saturated carbocycles. The van der Waals surface area contributed by atoms with E-state index in [0.29, 0.717) is 45.9 Å². The Hall–Kier alpha value is -3.33. The van der Waals surface area contributed by atoms with Gasteiger partial charge in [-0.3, -0.25) is 14.5 Å². The van der Waals surface area contributed by atoms with Gasteiger partial charge in [-0.15, -0.1) is 17.9 Å². The molecule has 4 rings (SSSR count). The lowest BCUT2D eigenvalue weighted by Gasteiger charge is -2.20. The van der Waals surface area contributed by atoms with Crippen LogP contribution in [0.15, 0.2) is 67.3 Å². The molecule has 0 saturated heterocycles. The van der Waals surface area contributed by atoms with E-state index >= 15 is 0 Å². The Morgan fingerprint density at radius 3 is 2.70 bits per heavy atom. The van der Waals surface area contributed by atoms with Crippen LogP contribution in [0.4, 0.5) is 11.4 Å². The van der Waals surface area contributed by atoms with Crippen LogP contribution >= 0.6 is 22.9 Å². The van der Waals surface area contributed by atoms with Crippen molar-refractivity contribution < 1.29 is 19.1 Å². The van der Waals surface area contributed by atoms with E-state index in [1.807, 2.05) is 17.0 Å². The third-order valence-corrected chi connectivity index (χ3v) is 6.05. The minimum absolute atomic E-state index is 0.139. The van der Waals surface area contributed by atoms with E-state index in [0.717, 1.165) is 4.88 Å². The Morgan fingerprint density at radius 1 is 1.09 bits per heavy atom. The second-order valence-corrected chi connectivity index (χ2v) is 9.08. The second-order valence-electron chi connectivity index (χ2n) is 7.28. The molecule has 170 valence electrons. The van der Waals surface area contributed by atoms with Crippen molar-refractivity contribution in [2.75, 3.05) is 30.5 Å². The Morgan fingerprint density at radius 2 is 1.91 bits per heavy atom. The smallest absolute Gasteiger partial charge is 0.257 e. The number of amides is 2. The monoisotopic (exact) mass is 483 g/mol. The number of hydrogen-bond donors (Lipinski definition) is 2. The van der Waals surface area contributed by atoms with Crippen molar-refractivity contribution in [3.8, 4) is 11.5 Å². The first-order valence-electron chi connectivity index (χ1n) is 10.2. The minimum atomic E-state index is -0.346. The van der Waals surface area contributed by atoms with Crippen molar-refractivity contribution in [2.45, 2.75) is 6.54 Å². The molecule has 0 bridgehead atoms. The van der Waals surface area contributed by atoms with Gasteiger partial charge in [0.15, 0.2) is 11.5 Å². The Balaban J connectivity index is 1.42. The molecule has 0 spiro atoms. The molecule has 9 heteroatoms. The molecule has 3 aromatic rings. The van der Waals surface area contributed by atoms with Gasteiger partial charge in [-0.25, -0.2) is 0 Å². The Kier molecular flexibility index (Phi) is 7.29. The first-order valence-corrected chi connectivity index (χ1v) is 11.4. The van der Waals surface area contributed by atoms with Crippen LogP contribution in [0.2, 0.25) is 4.34 Å². The molecule has 0 unspecified atom stereocenters. The summed E-state index contributed by atoms with van der Waals surface area (Å²) in [4.78, 5) is 28.7. The van der Waals surface area contributed by atoms with Crippen molar-refractivity contribution in [1.82, 2.24) is 4.90 Å². The molecular formula is C24H22ClN3O4S. The largest absolute Gasteiger partial charge is 0.454 e. The van der Waals surface area contributed by atoms with Crippen LogP contribution in [0, 0.1) is 0 Å². The maximum absolute atomic E-state index is 12.9. The van der Waals surface area contributed by atoms with Gasteiger partial charge in [0.05, 0.1) is 22.1 Å². The van der Waals surface area contributed by atoms with Crippen molar-refractivity contribution in [3.63, 3.8) is 0 Å². The van der Waals surface area contributed by atoms with Crippen LogP contribution in [0.25, 0.3) is 0 Å². The van der Waals surface area contributed by atoms with E-state index < -0.39 is 0 Å². The number of carbonyl (C=O) groups excluding carboxylic acids is 2. The predicted octanol–water partition coefficient (Wildman–Crippen LogP) is 5.01. The van der Waals surface area contributed by atoms with E-state index in [1.165, 1.54) is 11.3 Å². The maximum atomic E-state index is 12.9. The first kappa shape index (κ1) is 22.8. The quantitative estimate of drug-likeness (QED) is 0.418. The number of ether oxygens (including phenoxy) is 2. The predicted molar refractivity (Wildman–Crippen MR) is 130 cm³/mol. The number of nitrogens with one attached hydrogen (secondary N) is 2. The molecule has 2 heterocycles. The highest BCUT2D eigenvalue weighted by Crippen LogP contribution is 2.34. The number of hydrogen-bond acceptors (Lipinski definition) is 6. The highest BCUT2D eigenvalue weighted by atomic mass is 35.5. The fraction of sp³-hybridized carbons (Fsp3) is 0.167. The normalized spacial score (nSPS) is 11.9. The summed E-state index contributed by atoms with van der Waals surface area (Å²) in [6.07, 6.45) is 1.75. The van der Waals surface area contributed by atoms with Crippen LogP contribution in [-0.2, 0) is 11.3 Å². The number of benzene rings is 2. The summed E-state index contributed by atoms with van der Waals surface area (Å²) < 4.78 is 11.4. The lowest BCUT2D eigenvalue weighted by Crippen LogP contribution is -2.33. The highest BCUT2D eigenvalue weighted by Gasteiger charge is 2.18. The van der Waals surface area contributed by atoms with E-state index in [2.05, 4.69) is 17.2 Å². The number of thiophene rings is 1. The van der Waals surface area contributed by atoms with Crippen LogP contribution in [0.3, 0.4) is 0 Å². The molecule has 2 amide bonds. The summed E-state index contributed by atoms with van der Waals surface area (Å²) in [6, 6.07) is 15.8. The molecule has 33 heavy (non-hydrogen) atoms. The summed E-state index contributed by atoms with van der Waals surface area (Å²) in [7, 11) is 0. The molecule has 1 aromatic heterocycles. The topological polar surface area (TPSA) is 79.9 Å². The van der Waals surface area contributed by atoms with E-state index in [-0.39, 0.29) is 25.2 Å². The van der Waals surface area contributed by atoms with Crippen LogP contribution in [0.5, 0.6) is 11.5 Å².